The van der Waals surface area contributed by atoms with E-state index in [1.807, 2.05) is 4.90 Å². The molecule has 2 bridgehead atoms. The van der Waals surface area contributed by atoms with Gasteiger partial charge < -0.3 is 9.88 Å². The van der Waals surface area contributed by atoms with Crippen LogP contribution in [0, 0.1) is 0 Å². The van der Waals surface area contributed by atoms with Gasteiger partial charge in [0.05, 0.1) is 23.3 Å². The molecule has 5 nitrogen and oxygen atoms in total. The Morgan fingerprint density at radius 3 is 3.10 bits per heavy atom. The van der Waals surface area contributed by atoms with Crippen molar-refractivity contribution in [2.24, 2.45) is 0 Å². The van der Waals surface area contributed by atoms with Crippen LogP contribution in [-0.4, -0.2) is 32.9 Å². The molecule has 2 unspecified atom stereocenters. The molecule has 21 heavy (non-hydrogen) atoms. The number of carbonyl (C=O) groups is 1. The van der Waals surface area contributed by atoms with Crippen molar-refractivity contribution in [3.05, 3.63) is 52.6 Å². The fourth-order valence-corrected chi connectivity index (χ4v) is 3.39. The van der Waals surface area contributed by atoms with E-state index in [0.717, 1.165) is 19.3 Å². The maximum atomic E-state index is 12.8. The van der Waals surface area contributed by atoms with Crippen molar-refractivity contribution in [2.75, 3.05) is 0 Å². The molecule has 2 aliphatic heterocycles. The highest BCUT2D eigenvalue weighted by molar-refractivity contribution is 5.98. The second-order valence-electron chi connectivity index (χ2n) is 5.64. The molecular formula is C16H15N3O2. The summed E-state index contributed by atoms with van der Waals surface area (Å²) in [6.45, 7) is 0. The highest BCUT2D eigenvalue weighted by Crippen LogP contribution is 2.32. The summed E-state index contributed by atoms with van der Waals surface area (Å²) in [5, 5.41) is 0.461. The predicted octanol–water partition coefficient (Wildman–Crippen LogP) is 1.86. The standard InChI is InChI=1S/C16H15N3O2/c20-15-13-8-10(4-7-14(13)17-9-18-15)16(21)19-11-2-1-3-12(19)6-5-11/h1-2,4,7-9,11-12H,3,5-6H2,(H,17,18,20). The van der Waals surface area contributed by atoms with Crippen molar-refractivity contribution in [1.29, 1.82) is 0 Å². The first kappa shape index (κ1) is 12.3. The van der Waals surface area contributed by atoms with Crippen LogP contribution in [0.15, 0.2) is 41.5 Å². The maximum absolute atomic E-state index is 12.8. The lowest BCUT2D eigenvalue weighted by molar-refractivity contribution is 0.0689. The molecule has 2 aromatic rings. The number of aromatic nitrogens is 2. The number of hydrogen-bond acceptors (Lipinski definition) is 3. The lowest BCUT2D eigenvalue weighted by atomic mass is 10.1. The van der Waals surface area contributed by atoms with Gasteiger partial charge in [-0.2, -0.15) is 0 Å². The molecule has 5 heteroatoms. The van der Waals surface area contributed by atoms with Crippen molar-refractivity contribution in [2.45, 2.75) is 31.3 Å². The average Bonchev–Trinajstić information content (AvgIpc) is 2.75. The van der Waals surface area contributed by atoms with Gasteiger partial charge in [-0.1, -0.05) is 12.2 Å². The Kier molecular flexibility index (Phi) is 2.67. The third kappa shape index (κ3) is 1.88. The molecule has 1 N–H and O–H groups in total. The van der Waals surface area contributed by atoms with Crippen molar-refractivity contribution >= 4 is 16.8 Å². The van der Waals surface area contributed by atoms with Gasteiger partial charge in [0, 0.05) is 11.6 Å². The highest BCUT2D eigenvalue weighted by Gasteiger charge is 2.37. The Morgan fingerprint density at radius 2 is 2.24 bits per heavy atom. The van der Waals surface area contributed by atoms with Gasteiger partial charge >= 0.3 is 0 Å². The van der Waals surface area contributed by atoms with Gasteiger partial charge in [-0.15, -0.1) is 0 Å². The van der Waals surface area contributed by atoms with Crippen LogP contribution >= 0.6 is 0 Å². The number of fused-ring (bicyclic) bond motifs is 3. The molecule has 106 valence electrons. The van der Waals surface area contributed by atoms with Gasteiger partial charge in [-0.3, -0.25) is 9.59 Å². The minimum atomic E-state index is -0.212. The van der Waals surface area contributed by atoms with E-state index in [2.05, 4.69) is 22.1 Å². The van der Waals surface area contributed by atoms with Crippen LogP contribution in [0.1, 0.15) is 29.6 Å². The van der Waals surface area contributed by atoms with E-state index >= 15 is 0 Å². The molecule has 0 spiro atoms. The second-order valence-corrected chi connectivity index (χ2v) is 5.64. The first-order valence-corrected chi connectivity index (χ1v) is 7.21. The Hall–Kier alpha value is -2.43. The molecule has 0 saturated carbocycles. The third-order valence-corrected chi connectivity index (χ3v) is 4.43. The Bertz CT molecular complexity index is 809. The Labute approximate surface area is 121 Å². The Morgan fingerprint density at radius 1 is 1.33 bits per heavy atom. The van der Waals surface area contributed by atoms with Gasteiger partial charge in [0.25, 0.3) is 11.5 Å². The predicted molar refractivity (Wildman–Crippen MR) is 79.1 cm³/mol. The summed E-state index contributed by atoms with van der Waals surface area (Å²) >= 11 is 0. The SMILES string of the molecule is O=C(c1ccc2nc[nH]c(=O)c2c1)N1C2C=CCC1CC2. The van der Waals surface area contributed by atoms with Gasteiger partial charge in [0.15, 0.2) is 0 Å². The number of nitrogens with one attached hydrogen (secondary N) is 1. The molecule has 1 aromatic heterocycles. The lowest BCUT2D eigenvalue weighted by Crippen LogP contribution is -2.42. The van der Waals surface area contributed by atoms with Crippen LogP contribution in [0.3, 0.4) is 0 Å². The first-order valence-electron chi connectivity index (χ1n) is 7.21. The molecule has 0 radical (unpaired) electrons. The molecule has 1 fully saturated rings. The van der Waals surface area contributed by atoms with Crippen molar-refractivity contribution < 1.29 is 4.79 Å². The highest BCUT2D eigenvalue weighted by atomic mass is 16.2. The fraction of sp³-hybridized carbons (Fsp3) is 0.312. The van der Waals surface area contributed by atoms with Gasteiger partial charge in [0.2, 0.25) is 0 Å². The second kappa shape index (κ2) is 4.55. The van der Waals surface area contributed by atoms with Crippen LogP contribution in [-0.2, 0) is 0 Å². The van der Waals surface area contributed by atoms with Crippen LogP contribution < -0.4 is 5.56 Å². The number of benzene rings is 1. The fourth-order valence-electron chi connectivity index (χ4n) is 3.39. The minimum Gasteiger partial charge on any atom is -0.329 e. The van der Waals surface area contributed by atoms with Gasteiger partial charge in [-0.05, 0) is 37.5 Å². The van der Waals surface area contributed by atoms with Gasteiger partial charge in [0.1, 0.15) is 0 Å². The van der Waals surface area contributed by atoms with Crippen molar-refractivity contribution in [3.63, 3.8) is 0 Å². The zero-order chi connectivity index (χ0) is 14.4. The smallest absolute Gasteiger partial charge is 0.258 e. The van der Waals surface area contributed by atoms with Crippen LogP contribution in [0.2, 0.25) is 0 Å². The first-order chi connectivity index (χ1) is 10.2. The van der Waals surface area contributed by atoms with Crippen molar-refractivity contribution in [3.8, 4) is 0 Å². The van der Waals surface area contributed by atoms with E-state index in [0.29, 0.717) is 22.5 Å². The topological polar surface area (TPSA) is 66.1 Å². The molecule has 4 rings (SSSR count). The summed E-state index contributed by atoms with van der Waals surface area (Å²) in [5.41, 5.74) is 0.959. The van der Waals surface area contributed by atoms with E-state index in [1.54, 1.807) is 18.2 Å². The van der Waals surface area contributed by atoms with Gasteiger partial charge in [-0.25, -0.2) is 4.98 Å². The summed E-state index contributed by atoms with van der Waals surface area (Å²) in [7, 11) is 0. The maximum Gasteiger partial charge on any atom is 0.258 e. The van der Waals surface area contributed by atoms with Crippen molar-refractivity contribution in [1.82, 2.24) is 14.9 Å². The molecule has 2 aliphatic rings. The number of hydrogen-bond donors (Lipinski definition) is 1. The monoisotopic (exact) mass is 281 g/mol. The summed E-state index contributed by atoms with van der Waals surface area (Å²) in [4.78, 5) is 33.2. The summed E-state index contributed by atoms with van der Waals surface area (Å²) in [6, 6.07) is 5.66. The number of aromatic amines is 1. The largest absolute Gasteiger partial charge is 0.329 e. The average molecular weight is 281 g/mol. The summed E-state index contributed by atoms with van der Waals surface area (Å²) in [6.07, 6.45) is 8.68. The zero-order valence-electron chi connectivity index (χ0n) is 11.5. The van der Waals surface area contributed by atoms with E-state index in [-0.39, 0.29) is 17.5 Å². The third-order valence-electron chi connectivity index (χ3n) is 4.43. The number of H-pyrrole nitrogens is 1. The lowest BCUT2D eigenvalue weighted by Gasteiger charge is -2.31. The van der Waals surface area contributed by atoms with Crippen LogP contribution in [0.25, 0.3) is 10.9 Å². The number of nitrogens with zero attached hydrogens (tertiary/aromatic N) is 2. The van der Waals surface area contributed by atoms with Crippen LogP contribution in [0.4, 0.5) is 0 Å². The molecular weight excluding hydrogens is 266 g/mol. The minimum absolute atomic E-state index is 0.0111. The van der Waals surface area contributed by atoms with E-state index in [4.69, 9.17) is 0 Å². The number of rotatable bonds is 1. The van der Waals surface area contributed by atoms with E-state index in [1.165, 1.54) is 6.33 Å². The summed E-state index contributed by atoms with van der Waals surface area (Å²) < 4.78 is 0. The summed E-state index contributed by atoms with van der Waals surface area (Å²) in [5.74, 6) is 0.0111. The zero-order valence-corrected chi connectivity index (χ0v) is 11.5. The molecule has 0 aliphatic carbocycles. The molecule has 1 amide bonds. The number of carbonyl (C=O) groups excluding carboxylic acids is 1. The molecule has 3 heterocycles. The molecule has 2 atom stereocenters. The Balaban J connectivity index is 1.76. The number of amides is 1. The van der Waals surface area contributed by atoms with E-state index < -0.39 is 0 Å². The molecule has 1 saturated heterocycles. The molecule has 1 aromatic carbocycles. The normalized spacial score (nSPS) is 23.7. The van der Waals surface area contributed by atoms with E-state index in [9.17, 15) is 9.59 Å². The quantitative estimate of drug-likeness (QED) is 0.811. The van der Waals surface area contributed by atoms with Crippen LogP contribution in [0.5, 0.6) is 0 Å².